The van der Waals surface area contributed by atoms with Gasteiger partial charge < -0.3 is 15.2 Å². The number of hydrogen-bond acceptors (Lipinski definition) is 3. The van der Waals surface area contributed by atoms with E-state index in [1.807, 2.05) is 36.4 Å². The highest BCUT2D eigenvalue weighted by molar-refractivity contribution is 9.11. The Kier molecular flexibility index (Phi) is 2.95. The molecule has 5 heteroatoms. The van der Waals surface area contributed by atoms with Crippen LogP contribution in [0.25, 0.3) is 0 Å². The Balaban J connectivity index is 1.95. The van der Waals surface area contributed by atoms with Gasteiger partial charge in [-0.3, -0.25) is 0 Å². The first-order valence-corrected chi connectivity index (χ1v) is 6.94. The lowest BCUT2D eigenvalue weighted by Crippen LogP contribution is -2.10. The molecule has 0 radical (unpaired) electrons. The molecule has 2 N–H and O–H groups in total. The molecular weight excluding hydrogens is 362 g/mol. The van der Waals surface area contributed by atoms with Crippen molar-refractivity contribution in [3.8, 4) is 11.5 Å². The Morgan fingerprint density at radius 1 is 1.11 bits per heavy atom. The summed E-state index contributed by atoms with van der Waals surface area (Å²) in [6.07, 6.45) is -0.240. The van der Waals surface area contributed by atoms with Crippen molar-refractivity contribution in [2.45, 2.75) is 6.23 Å². The van der Waals surface area contributed by atoms with Crippen molar-refractivity contribution in [2.75, 3.05) is 5.32 Å². The quantitative estimate of drug-likeness (QED) is 0.780. The van der Waals surface area contributed by atoms with Crippen LogP contribution in [0.1, 0.15) is 11.8 Å². The van der Waals surface area contributed by atoms with Gasteiger partial charge in [-0.15, -0.1) is 0 Å². The van der Waals surface area contributed by atoms with E-state index in [0.717, 1.165) is 17.0 Å². The van der Waals surface area contributed by atoms with Crippen molar-refractivity contribution in [1.82, 2.24) is 0 Å². The van der Waals surface area contributed by atoms with Crippen LogP contribution in [-0.4, -0.2) is 5.11 Å². The maximum Gasteiger partial charge on any atom is 0.196 e. The highest BCUT2D eigenvalue weighted by Gasteiger charge is 2.24. The van der Waals surface area contributed by atoms with Gasteiger partial charge in [0.1, 0.15) is 11.5 Å². The molecule has 0 amide bonds. The van der Waals surface area contributed by atoms with E-state index in [9.17, 15) is 5.11 Å². The summed E-state index contributed by atoms with van der Waals surface area (Å²) in [4.78, 5) is 0. The van der Waals surface area contributed by atoms with E-state index >= 15 is 0 Å². The van der Waals surface area contributed by atoms with Gasteiger partial charge in [0.25, 0.3) is 0 Å². The first-order valence-electron chi connectivity index (χ1n) is 5.35. The smallest absolute Gasteiger partial charge is 0.196 e. The zero-order valence-electron chi connectivity index (χ0n) is 9.15. The number of ether oxygens (including phenoxy) is 1. The molecule has 0 saturated carbocycles. The fraction of sp³-hybridized carbons (Fsp3) is 0.0769. The fourth-order valence-electron chi connectivity index (χ4n) is 1.87. The molecule has 3 nitrogen and oxygen atoms in total. The number of para-hydroxylation sites is 2. The lowest BCUT2D eigenvalue weighted by atomic mass is 10.2. The Labute approximate surface area is 121 Å². The SMILES string of the molecule is Oc1c(Br)cc(C2Nc3ccccc3O2)cc1Br. The van der Waals surface area contributed by atoms with Crippen LogP contribution in [-0.2, 0) is 0 Å². The molecule has 1 unspecified atom stereocenters. The van der Waals surface area contributed by atoms with Gasteiger partial charge in [-0.2, -0.15) is 0 Å². The van der Waals surface area contributed by atoms with Crippen LogP contribution in [0, 0.1) is 0 Å². The number of anilines is 1. The maximum absolute atomic E-state index is 9.69. The molecule has 0 fully saturated rings. The second kappa shape index (κ2) is 4.48. The number of fused-ring (bicyclic) bond motifs is 1. The van der Waals surface area contributed by atoms with E-state index in [4.69, 9.17) is 4.74 Å². The van der Waals surface area contributed by atoms with Gasteiger partial charge in [0, 0.05) is 5.56 Å². The van der Waals surface area contributed by atoms with Crippen LogP contribution in [0.2, 0.25) is 0 Å². The van der Waals surface area contributed by atoms with Gasteiger partial charge in [-0.05, 0) is 56.1 Å². The van der Waals surface area contributed by atoms with E-state index < -0.39 is 0 Å². The highest BCUT2D eigenvalue weighted by atomic mass is 79.9. The molecule has 2 aromatic carbocycles. The van der Waals surface area contributed by atoms with E-state index in [0.29, 0.717) is 8.95 Å². The molecule has 1 aliphatic rings. The van der Waals surface area contributed by atoms with Crippen LogP contribution in [0.5, 0.6) is 11.5 Å². The van der Waals surface area contributed by atoms with Gasteiger partial charge in [0.2, 0.25) is 0 Å². The van der Waals surface area contributed by atoms with Crippen LogP contribution >= 0.6 is 31.9 Å². The summed E-state index contributed by atoms with van der Waals surface area (Å²) in [6, 6.07) is 11.5. The molecule has 92 valence electrons. The zero-order valence-corrected chi connectivity index (χ0v) is 12.3. The molecule has 3 rings (SSSR count). The number of aromatic hydroxyl groups is 1. The Bertz CT molecular complexity index is 568. The zero-order chi connectivity index (χ0) is 12.7. The first kappa shape index (κ1) is 11.9. The number of phenolic OH excluding ortho intramolecular Hbond substituents is 1. The van der Waals surface area contributed by atoms with E-state index in [1.54, 1.807) is 0 Å². The summed E-state index contributed by atoms with van der Waals surface area (Å²) in [5.74, 6) is 1.03. The standard InChI is InChI=1S/C13H9Br2NO2/c14-8-5-7(6-9(15)12(8)17)13-16-10-3-1-2-4-11(10)18-13/h1-6,13,16-17H. The fourth-order valence-corrected chi connectivity index (χ4v) is 3.10. The van der Waals surface area contributed by atoms with Crippen LogP contribution in [0.4, 0.5) is 5.69 Å². The largest absolute Gasteiger partial charge is 0.506 e. The predicted molar refractivity (Wildman–Crippen MR) is 76.9 cm³/mol. The number of rotatable bonds is 1. The number of halogens is 2. The molecule has 0 aromatic heterocycles. The van der Waals surface area contributed by atoms with Crippen molar-refractivity contribution in [2.24, 2.45) is 0 Å². The van der Waals surface area contributed by atoms with E-state index in [-0.39, 0.29) is 12.0 Å². The average molecular weight is 371 g/mol. The van der Waals surface area contributed by atoms with Crippen molar-refractivity contribution >= 4 is 37.5 Å². The molecule has 18 heavy (non-hydrogen) atoms. The molecule has 1 aliphatic heterocycles. The Morgan fingerprint density at radius 2 is 1.78 bits per heavy atom. The number of nitrogens with one attached hydrogen (secondary N) is 1. The first-order chi connectivity index (χ1) is 8.65. The predicted octanol–water partition coefficient (Wildman–Crippen LogP) is 4.42. The number of benzene rings is 2. The monoisotopic (exact) mass is 369 g/mol. The minimum atomic E-state index is -0.240. The van der Waals surface area contributed by atoms with Crippen molar-refractivity contribution in [1.29, 1.82) is 0 Å². The Morgan fingerprint density at radius 3 is 2.44 bits per heavy atom. The molecule has 2 aromatic rings. The summed E-state index contributed by atoms with van der Waals surface area (Å²) in [5.41, 5.74) is 1.91. The van der Waals surface area contributed by atoms with Crippen LogP contribution in [0.15, 0.2) is 45.3 Å². The summed E-state index contributed by atoms with van der Waals surface area (Å²) in [5, 5.41) is 13.0. The molecule has 1 atom stereocenters. The third-order valence-corrected chi connectivity index (χ3v) is 3.97. The van der Waals surface area contributed by atoms with Crippen molar-refractivity contribution < 1.29 is 9.84 Å². The number of phenols is 1. The third kappa shape index (κ3) is 1.97. The summed E-state index contributed by atoms with van der Waals surface area (Å²) >= 11 is 6.63. The summed E-state index contributed by atoms with van der Waals surface area (Å²) < 4.78 is 7.07. The van der Waals surface area contributed by atoms with E-state index in [2.05, 4.69) is 37.2 Å². The van der Waals surface area contributed by atoms with Crippen molar-refractivity contribution in [3.05, 3.63) is 50.9 Å². The average Bonchev–Trinajstić information content (AvgIpc) is 2.79. The lowest BCUT2D eigenvalue weighted by molar-refractivity contribution is 0.259. The molecule has 0 bridgehead atoms. The minimum Gasteiger partial charge on any atom is -0.506 e. The van der Waals surface area contributed by atoms with Gasteiger partial charge >= 0.3 is 0 Å². The number of hydrogen-bond donors (Lipinski definition) is 2. The molecule has 1 heterocycles. The van der Waals surface area contributed by atoms with Gasteiger partial charge in [0.15, 0.2) is 6.23 Å². The van der Waals surface area contributed by atoms with Gasteiger partial charge in [-0.25, -0.2) is 0 Å². The molecule has 0 saturated heterocycles. The van der Waals surface area contributed by atoms with E-state index in [1.165, 1.54) is 0 Å². The third-order valence-electron chi connectivity index (χ3n) is 2.76. The highest BCUT2D eigenvalue weighted by Crippen LogP contribution is 2.41. The Hall–Kier alpha value is -1.20. The minimum absolute atomic E-state index is 0.189. The normalized spacial score (nSPS) is 16.9. The maximum atomic E-state index is 9.69. The lowest BCUT2D eigenvalue weighted by Gasteiger charge is -2.13. The second-order valence-corrected chi connectivity index (χ2v) is 5.68. The van der Waals surface area contributed by atoms with Crippen LogP contribution < -0.4 is 10.1 Å². The summed E-state index contributed by atoms with van der Waals surface area (Å²) in [6.45, 7) is 0. The second-order valence-electron chi connectivity index (χ2n) is 3.97. The van der Waals surface area contributed by atoms with Crippen molar-refractivity contribution in [3.63, 3.8) is 0 Å². The topological polar surface area (TPSA) is 41.5 Å². The van der Waals surface area contributed by atoms with Crippen LogP contribution in [0.3, 0.4) is 0 Å². The molecular formula is C13H9Br2NO2. The molecule has 0 aliphatic carbocycles. The summed E-state index contributed by atoms with van der Waals surface area (Å²) in [7, 11) is 0. The van der Waals surface area contributed by atoms with Gasteiger partial charge in [0.05, 0.1) is 14.6 Å². The molecule has 0 spiro atoms. The van der Waals surface area contributed by atoms with Gasteiger partial charge in [-0.1, -0.05) is 12.1 Å².